The predicted octanol–water partition coefficient (Wildman–Crippen LogP) is 4.63. The van der Waals surface area contributed by atoms with Crippen molar-refractivity contribution in [1.82, 2.24) is 4.90 Å². The van der Waals surface area contributed by atoms with Gasteiger partial charge in [-0.3, -0.25) is 4.79 Å². The molecule has 4 rings (SSSR count). The number of ether oxygens (including phenoxy) is 4. The van der Waals surface area contributed by atoms with E-state index in [4.69, 9.17) is 18.9 Å². The second kappa shape index (κ2) is 10.6. The van der Waals surface area contributed by atoms with E-state index < -0.39 is 5.60 Å². The van der Waals surface area contributed by atoms with Gasteiger partial charge in [0, 0.05) is 18.5 Å². The molecule has 1 aliphatic heterocycles. The summed E-state index contributed by atoms with van der Waals surface area (Å²) < 4.78 is 21.6. The molecule has 1 saturated carbocycles. The number of amides is 1. The highest BCUT2D eigenvalue weighted by molar-refractivity contribution is 5.92. The van der Waals surface area contributed by atoms with Gasteiger partial charge in [-0.25, -0.2) is 0 Å². The fraction of sp³-hybridized carbons (Fsp3) is 0.464. The van der Waals surface area contributed by atoms with E-state index in [0.717, 1.165) is 42.6 Å². The molecular formula is C28H35NO6. The Kier molecular flexibility index (Phi) is 7.55. The Morgan fingerprint density at radius 1 is 0.971 bits per heavy atom. The van der Waals surface area contributed by atoms with Gasteiger partial charge < -0.3 is 29.0 Å². The van der Waals surface area contributed by atoms with Crippen LogP contribution in [0.1, 0.15) is 49.3 Å². The van der Waals surface area contributed by atoms with Crippen molar-refractivity contribution in [2.24, 2.45) is 5.92 Å². The van der Waals surface area contributed by atoms with Gasteiger partial charge in [-0.2, -0.15) is 0 Å². The van der Waals surface area contributed by atoms with Gasteiger partial charge in [0.15, 0.2) is 11.5 Å². The van der Waals surface area contributed by atoms with Crippen molar-refractivity contribution in [3.8, 4) is 23.0 Å². The number of methoxy groups -OCH3 is 4. The van der Waals surface area contributed by atoms with Gasteiger partial charge in [-0.05, 0) is 60.7 Å². The summed E-state index contributed by atoms with van der Waals surface area (Å²) in [7, 11) is 6.32. The first kappa shape index (κ1) is 24.9. The van der Waals surface area contributed by atoms with Crippen molar-refractivity contribution < 1.29 is 28.8 Å². The first-order valence-electron chi connectivity index (χ1n) is 12.1. The minimum atomic E-state index is -0.736. The highest BCUT2D eigenvalue weighted by Gasteiger charge is 2.49. The maximum atomic E-state index is 13.5. The molecule has 2 aliphatic rings. The maximum Gasteiger partial charge on any atom is 0.247 e. The third-order valence-corrected chi connectivity index (χ3v) is 7.41. The molecule has 7 heteroatoms. The minimum absolute atomic E-state index is 0.00285. The molecule has 2 aromatic rings. The first-order chi connectivity index (χ1) is 16.9. The number of carbonyl (C=O) groups is 1. The second-order valence-corrected chi connectivity index (χ2v) is 9.25. The molecule has 2 fully saturated rings. The molecule has 1 amide bonds. The molecule has 1 unspecified atom stereocenters. The van der Waals surface area contributed by atoms with Crippen LogP contribution in [0.4, 0.5) is 0 Å². The van der Waals surface area contributed by atoms with Crippen LogP contribution in [0.15, 0.2) is 42.5 Å². The summed E-state index contributed by atoms with van der Waals surface area (Å²) >= 11 is 0. The van der Waals surface area contributed by atoms with Crippen LogP contribution in [-0.2, 0) is 4.79 Å². The van der Waals surface area contributed by atoms with Crippen LogP contribution in [0.3, 0.4) is 0 Å². The molecule has 0 bridgehead atoms. The Morgan fingerprint density at radius 2 is 1.66 bits per heavy atom. The van der Waals surface area contributed by atoms with Crippen LogP contribution in [0.5, 0.6) is 23.0 Å². The Hall–Kier alpha value is -3.19. The number of hydrogen-bond donors (Lipinski definition) is 1. The van der Waals surface area contributed by atoms with Crippen LogP contribution in [0.25, 0.3) is 6.08 Å². The number of aliphatic hydroxyl groups is 1. The molecular weight excluding hydrogens is 446 g/mol. The molecule has 1 saturated heterocycles. The standard InChI is InChI=1S/C28H35NO6/c1-32-21-11-9-20(10-12-21)26-22-7-5-6-14-28(22,31)15-16-29(26)25(30)13-8-19-17-23(33-2)27(35-4)24(18-19)34-3/h8-13,17-18,22,26,31H,5-7,14-16H2,1-4H3/b13-8+/t22-,26?,28-/m0/s1. The third-order valence-electron chi connectivity index (χ3n) is 7.41. The van der Waals surface area contributed by atoms with E-state index in [0.29, 0.717) is 30.2 Å². The number of carbonyl (C=O) groups excluding carboxylic acids is 1. The zero-order valence-corrected chi connectivity index (χ0v) is 21.0. The van der Waals surface area contributed by atoms with Crippen molar-refractivity contribution in [2.75, 3.05) is 35.0 Å². The normalized spacial score (nSPS) is 24.1. The topological polar surface area (TPSA) is 77.5 Å². The van der Waals surface area contributed by atoms with Gasteiger partial charge >= 0.3 is 0 Å². The number of benzene rings is 2. The molecule has 3 atom stereocenters. The smallest absolute Gasteiger partial charge is 0.247 e. The Bertz CT molecular complexity index is 1040. The summed E-state index contributed by atoms with van der Waals surface area (Å²) in [6, 6.07) is 11.3. The van der Waals surface area contributed by atoms with E-state index in [1.54, 1.807) is 40.6 Å². The fourth-order valence-electron chi connectivity index (χ4n) is 5.60. The molecule has 2 aromatic carbocycles. The van der Waals surface area contributed by atoms with E-state index in [1.165, 1.54) is 0 Å². The number of likely N-dealkylation sites (tertiary alicyclic amines) is 1. The van der Waals surface area contributed by atoms with Crippen molar-refractivity contribution in [3.63, 3.8) is 0 Å². The number of piperidine rings is 1. The zero-order chi connectivity index (χ0) is 25.0. The monoisotopic (exact) mass is 481 g/mol. The average Bonchev–Trinajstić information content (AvgIpc) is 2.90. The van der Waals surface area contributed by atoms with Gasteiger partial charge in [0.1, 0.15) is 5.75 Å². The Labute approximate surface area is 207 Å². The third kappa shape index (κ3) is 4.96. The van der Waals surface area contributed by atoms with Gasteiger partial charge in [0.2, 0.25) is 11.7 Å². The number of fused-ring (bicyclic) bond motifs is 1. The fourth-order valence-corrected chi connectivity index (χ4v) is 5.60. The molecule has 188 valence electrons. The molecule has 0 radical (unpaired) electrons. The predicted molar refractivity (Wildman–Crippen MR) is 134 cm³/mol. The first-order valence-corrected chi connectivity index (χ1v) is 12.1. The van der Waals surface area contributed by atoms with Crippen molar-refractivity contribution in [2.45, 2.75) is 43.7 Å². The molecule has 35 heavy (non-hydrogen) atoms. The van der Waals surface area contributed by atoms with Crippen LogP contribution in [0.2, 0.25) is 0 Å². The molecule has 1 aliphatic carbocycles. The summed E-state index contributed by atoms with van der Waals surface area (Å²) in [6.07, 6.45) is 7.71. The second-order valence-electron chi connectivity index (χ2n) is 9.25. The van der Waals surface area contributed by atoms with E-state index in [1.807, 2.05) is 41.3 Å². The lowest BCUT2D eigenvalue weighted by Crippen LogP contribution is -2.56. The summed E-state index contributed by atoms with van der Waals surface area (Å²) in [5.41, 5.74) is 1.05. The van der Waals surface area contributed by atoms with Crippen LogP contribution < -0.4 is 18.9 Å². The SMILES string of the molecule is COc1ccc(C2[C@@H]3CCCC[C@]3(O)CCN2C(=O)/C=C/c2cc(OC)c(OC)c(OC)c2)cc1. The number of hydrogen-bond acceptors (Lipinski definition) is 6. The number of rotatable bonds is 7. The van der Waals surface area contributed by atoms with E-state index in [9.17, 15) is 9.90 Å². The van der Waals surface area contributed by atoms with Crippen LogP contribution in [0, 0.1) is 5.92 Å². The van der Waals surface area contributed by atoms with Crippen LogP contribution >= 0.6 is 0 Å². The lowest BCUT2D eigenvalue weighted by Gasteiger charge is -2.52. The average molecular weight is 482 g/mol. The summed E-state index contributed by atoms with van der Waals surface area (Å²) in [5, 5.41) is 11.5. The van der Waals surface area contributed by atoms with Gasteiger partial charge in [0.05, 0.1) is 40.1 Å². The maximum absolute atomic E-state index is 13.5. The van der Waals surface area contributed by atoms with Gasteiger partial charge in [-0.15, -0.1) is 0 Å². The quantitative estimate of drug-likeness (QED) is 0.581. The van der Waals surface area contributed by atoms with Gasteiger partial charge in [0.25, 0.3) is 0 Å². The van der Waals surface area contributed by atoms with Crippen molar-refractivity contribution in [1.29, 1.82) is 0 Å². The van der Waals surface area contributed by atoms with E-state index in [-0.39, 0.29) is 17.9 Å². The molecule has 0 spiro atoms. The summed E-state index contributed by atoms with van der Waals surface area (Å²) in [6.45, 7) is 0.502. The number of nitrogens with zero attached hydrogens (tertiary/aromatic N) is 1. The van der Waals surface area contributed by atoms with Gasteiger partial charge in [-0.1, -0.05) is 25.0 Å². The van der Waals surface area contributed by atoms with Crippen molar-refractivity contribution >= 4 is 12.0 Å². The Morgan fingerprint density at radius 3 is 2.26 bits per heavy atom. The van der Waals surface area contributed by atoms with Crippen molar-refractivity contribution in [3.05, 3.63) is 53.6 Å². The zero-order valence-electron chi connectivity index (χ0n) is 21.0. The highest BCUT2D eigenvalue weighted by Crippen LogP contribution is 2.49. The van der Waals surface area contributed by atoms with Crippen LogP contribution in [-0.4, -0.2) is 56.5 Å². The van der Waals surface area contributed by atoms with E-state index in [2.05, 4.69) is 0 Å². The lowest BCUT2D eigenvalue weighted by molar-refractivity contribution is -0.150. The highest BCUT2D eigenvalue weighted by atomic mass is 16.5. The minimum Gasteiger partial charge on any atom is -0.497 e. The largest absolute Gasteiger partial charge is 0.497 e. The molecule has 1 heterocycles. The van der Waals surface area contributed by atoms with E-state index >= 15 is 0 Å². The lowest BCUT2D eigenvalue weighted by atomic mass is 9.66. The summed E-state index contributed by atoms with van der Waals surface area (Å²) in [5.74, 6) is 2.24. The molecule has 0 aromatic heterocycles. The summed E-state index contributed by atoms with van der Waals surface area (Å²) in [4.78, 5) is 15.4. The Balaban J connectivity index is 1.65. The molecule has 7 nitrogen and oxygen atoms in total. The molecule has 1 N–H and O–H groups in total.